The maximum Gasteiger partial charge on any atom is 0.194 e. The molecule has 3 heteroatoms. The van der Waals surface area contributed by atoms with E-state index in [1.807, 2.05) is 48.5 Å². The quantitative estimate of drug-likeness (QED) is 0.847. The summed E-state index contributed by atoms with van der Waals surface area (Å²) in [5.41, 5.74) is 8.49. The van der Waals surface area contributed by atoms with Crippen LogP contribution in [0.5, 0.6) is 0 Å². The van der Waals surface area contributed by atoms with Gasteiger partial charge >= 0.3 is 0 Å². The molecule has 20 heavy (non-hydrogen) atoms. The topological polar surface area (TPSA) is 43.1 Å². The molecule has 0 aliphatic rings. The lowest BCUT2D eigenvalue weighted by Gasteiger charge is -2.16. The van der Waals surface area contributed by atoms with Crippen molar-refractivity contribution in [3.05, 3.63) is 69.7 Å². The van der Waals surface area contributed by atoms with Gasteiger partial charge in [0.25, 0.3) is 0 Å². The number of carbonyl (C=O) groups excluding carboxylic acids is 1. The summed E-state index contributed by atoms with van der Waals surface area (Å²) in [5, 5.41) is 0. The molecule has 0 amide bonds. The molecule has 0 radical (unpaired) electrons. The first kappa shape index (κ1) is 14.9. The molecule has 0 aromatic heterocycles. The van der Waals surface area contributed by atoms with E-state index in [2.05, 4.69) is 29.8 Å². The van der Waals surface area contributed by atoms with Gasteiger partial charge in [-0.1, -0.05) is 60.1 Å². The number of rotatable bonds is 4. The second-order valence-corrected chi connectivity index (χ2v) is 6.06. The number of benzene rings is 2. The lowest BCUT2D eigenvalue weighted by atomic mass is 9.94. The molecule has 0 heterocycles. The summed E-state index contributed by atoms with van der Waals surface area (Å²) in [6.45, 7) is 4.15. The highest BCUT2D eigenvalue weighted by atomic mass is 79.9. The van der Waals surface area contributed by atoms with Crippen molar-refractivity contribution in [2.75, 3.05) is 0 Å². The van der Waals surface area contributed by atoms with Crippen LogP contribution < -0.4 is 5.73 Å². The first-order chi connectivity index (χ1) is 9.50. The SMILES string of the molecule is CC(C)C(N)c1cccc(C(=O)c2ccccc2Br)c1. The van der Waals surface area contributed by atoms with E-state index < -0.39 is 0 Å². The Morgan fingerprint density at radius 1 is 1.10 bits per heavy atom. The Morgan fingerprint density at radius 3 is 2.45 bits per heavy atom. The van der Waals surface area contributed by atoms with Gasteiger partial charge in [0.15, 0.2) is 5.78 Å². The van der Waals surface area contributed by atoms with E-state index in [9.17, 15) is 4.79 Å². The van der Waals surface area contributed by atoms with Crippen LogP contribution in [0.2, 0.25) is 0 Å². The van der Waals surface area contributed by atoms with Gasteiger partial charge in [0.05, 0.1) is 0 Å². The van der Waals surface area contributed by atoms with Gasteiger partial charge < -0.3 is 5.73 Å². The number of hydrogen-bond donors (Lipinski definition) is 1. The molecule has 104 valence electrons. The summed E-state index contributed by atoms with van der Waals surface area (Å²) in [5.74, 6) is 0.346. The molecule has 0 aliphatic carbocycles. The number of ketones is 1. The van der Waals surface area contributed by atoms with E-state index in [0.29, 0.717) is 17.0 Å². The number of halogens is 1. The molecule has 2 N–H and O–H groups in total. The third kappa shape index (κ3) is 3.17. The van der Waals surface area contributed by atoms with E-state index in [4.69, 9.17) is 5.73 Å². The molecule has 1 atom stereocenters. The van der Waals surface area contributed by atoms with E-state index in [0.717, 1.165) is 10.0 Å². The highest BCUT2D eigenvalue weighted by Gasteiger charge is 2.15. The van der Waals surface area contributed by atoms with Gasteiger partial charge in [0, 0.05) is 21.6 Å². The maximum absolute atomic E-state index is 12.5. The van der Waals surface area contributed by atoms with Gasteiger partial charge in [-0.05, 0) is 29.7 Å². The molecule has 1 unspecified atom stereocenters. The van der Waals surface area contributed by atoms with Gasteiger partial charge in [-0.2, -0.15) is 0 Å². The molecule has 2 aromatic rings. The van der Waals surface area contributed by atoms with E-state index in [1.54, 1.807) is 0 Å². The maximum atomic E-state index is 12.5. The molecule has 0 bridgehead atoms. The summed E-state index contributed by atoms with van der Waals surface area (Å²) in [7, 11) is 0. The molecule has 0 aliphatic heterocycles. The summed E-state index contributed by atoms with van der Waals surface area (Å²) in [4.78, 5) is 12.5. The van der Waals surface area contributed by atoms with Crippen molar-refractivity contribution in [2.45, 2.75) is 19.9 Å². The number of nitrogens with two attached hydrogens (primary N) is 1. The zero-order valence-corrected chi connectivity index (χ0v) is 13.2. The Balaban J connectivity index is 2.37. The van der Waals surface area contributed by atoms with E-state index in [1.165, 1.54) is 0 Å². The lowest BCUT2D eigenvalue weighted by Crippen LogP contribution is -2.17. The van der Waals surface area contributed by atoms with Gasteiger partial charge in [-0.25, -0.2) is 0 Å². The molecular weight excluding hydrogens is 314 g/mol. The van der Waals surface area contributed by atoms with Crippen LogP contribution in [0.4, 0.5) is 0 Å². The zero-order valence-electron chi connectivity index (χ0n) is 11.6. The Morgan fingerprint density at radius 2 is 1.80 bits per heavy atom. The molecular formula is C17H18BrNO. The van der Waals surface area contributed by atoms with E-state index >= 15 is 0 Å². The standard InChI is InChI=1S/C17H18BrNO/c1-11(2)16(19)12-6-5-7-13(10-12)17(20)14-8-3-4-9-15(14)18/h3-11,16H,19H2,1-2H3. The predicted molar refractivity (Wildman–Crippen MR) is 85.8 cm³/mol. The van der Waals surface area contributed by atoms with Gasteiger partial charge in [0.1, 0.15) is 0 Å². The Hall–Kier alpha value is -1.45. The minimum Gasteiger partial charge on any atom is -0.324 e. The molecule has 0 spiro atoms. The van der Waals surface area contributed by atoms with Crippen LogP contribution in [0.15, 0.2) is 53.0 Å². The average Bonchev–Trinajstić information content (AvgIpc) is 2.46. The summed E-state index contributed by atoms with van der Waals surface area (Å²) in [6.07, 6.45) is 0. The summed E-state index contributed by atoms with van der Waals surface area (Å²) >= 11 is 3.42. The number of carbonyl (C=O) groups is 1. The van der Waals surface area contributed by atoms with Crippen molar-refractivity contribution in [2.24, 2.45) is 11.7 Å². The predicted octanol–water partition coefficient (Wildman–Crippen LogP) is 4.34. The fourth-order valence-electron chi connectivity index (χ4n) is 2.07. The number of hydrogen-bond acceptors (Lipinski definition) is 2. The summed E-state index contributed by atoms with van der Waals surface area (Å²) < 4.78 is 0.809. The minimum absolute atomic E-state index is 0.00952. The first-order valence-corrected chi connectivity index (χ1v) is 7.44. The Kier molecular flexibility index (Phi) is 4.73. The van der Waals surface area contributed by atoms with Crippen molar-refractivity contribution in [3.63, 3.8) is 0 Å². The van der Waals surface area contributed by atoms with Crippen molar-refractivity contribution in [1.29, 1.82) is 0 Å². The second-order valence-electron chi connectivity index (χ2n) is 5.20. The Bertz CT molecular complexity index is 622. The molecule has 0 fully saturated rings. The fourth-order valence-corrected chi connectivity index (χ4v) is 2.54. The fraction of sp³-hybridized carbons (Fsp3) is 0.235. The largest absolute Gasteiger partial charge is 0.324 e. The second kappa shape index (κ2) is 6.33. The van der Waals surface area contributed by atoms with E-state index in [-0.39, 0.29) is 11.8 Å². The zero-order chi connectivity index (χ0) is 14.7. The van der Waals surface area contributed by atoms with Crippen LogP contribution in [0.25, 0.3) is 0 Å². The highest BCUT2D eigenvalue weighted by molar-refractivity contribution is 9.10. The summed E-state index contributed by atoms with van der Waals surface area (Å²) in [6, 6.07) is 15.0. The highest BCUT2D eigenvalue weighted by Crippen LogP contribution is 2.23. The molecule has 2 rings (SSSR count). The van der Waals surface area contributed by atoms with Gasteiger partial charge in [-0.3, -0.25) is 4.79 Å². The third-order valence-corrected chi connectivity index (χ3v) is 4.06. The molecule has 0 saturated heterocycles. The van der Waals surface area contributed by atoms with Crippen LogP contribution in [-0.4, -0.2) is 5.78 Å². The third-order valence-electron chi connectivity index (χ3n) is 3.37. The van der Waals surface area contributed by atoms with Crippen LogP contribution in [-0.2, 0) is 0 Å². The normalized spacial score (nSPS) is 12.4. The van der Waals surface area contributed by atoms with Crippen molar-refractivity contribution < 1.29 is 4.79 Å². The molecule has 2 aromatic carbocycles. The smallest absolute Gasteiger partial charge is 0.194 e. The van der Waals surface area contributed by atoms with Gasteiger partial charge in [-0.15, -0.1) is 0 Å². The van der Waals surface area contributed by atoms with Crippen molar-refractivity contribution in [1.82, 2.24) is 0 Å². The molecule has 2 nitrogen and oxygen atoms in total. The van der Waals surface area contributed by atoms with Crippen LogP contribution in [0, 0.1) is 5.92 Å². The van der Waals surface area contributed by atoms with Crippen LogP contribution in [0.3, 0.4) is 0 Å². The van der Waals surface area contributed by atoms with Gasteiger partial charge in [0.2, 0.25) is 0 Å². The van der Waals surface area contributed by atoms with Crippen LogP contribution >= 0.6 is 15.9 Å². The van der Waals surface area contributed by atoms with Crippen molar-refractivity contribution >= 4 is 21.7 Å². The van der Waals surface area contributed by atoms with Crippen LogP contribution in [0.1, 0.15) is 41.4 Å². The lowest BCUT2D eigenvalue weighted by molar-refractivity contribution is 0.103. The average molecular weight is 332 g/mol. The monoisotopic (exact) mass is 331 g/mol. The Labute approximate surface area is 128 Å². The minimum atomic E-state index is -0.0537. The molecule has 0 saturated carbocycles. The van der Waals surface area contributed by atoms with Crippen molar-refractivity contribution in [3.8, 4) is 0 Å². The first-order valence-electron chi connectivity index (χ1n) is 6.65.